The standard InChI is InChI=1S/C17H25N3O/c1-4-13-5-7-14(8-6-13)16-19-15(21-20-16)9-10-17(2,3)11-12-18/h5-8H,4,9-12,18H2,1-3H3. The van der Waals surface area contributed by atoms with Gasteiger partial charge in [-0.1, -0.05) is 50.2 Å². The first-order chi connectivity index (χ1) is 10.0. The highest BCUT2D eigenvalue weighted by atomic mass is 16.5. The van der Waals surface area contributed by atoms with E-state index in [2.05, 4.69) is 43.0 Å². The predicted octanol–water partition coefficient (Wildman–Crippen LogP) is 3.61. The van der Waals surface area contributed by atoms with Gasteiger partial charge in [0.25, 0.3) is 0 Å². The molecule has 0 fully saturated rings. The zero-order valence-corrected chi connectivity index (χ0v) is 13.2. The summed E-state index contributed by atoms with van der Waals surface area (Å²) in [7, 11) is 0. The molecule has 2 N–H and O–H groups in total. The van der Waals surface area contributed by atoms with Gasteiger partial charge in [-0.25, -0.2) is 0 Å². The minimum absolute atomic E-state index is 0.214. The summed E-state index contributed by atoms with van der Waals surface area (Å²) in [6, 6.07) is 8.31. The monoisotopic (exact) mass is 287 g/mol. The molecule has 1 aromatic heterocycles. The largest absolute Gasteiger partial charge is 0.339 e. The van der Waals surface area contributed by atoms with Gasteiger partial charge < -0.3 is 10.3 Å². The van der Waals surface area contributed by atoms with Gasteiger partial charge in [0.1, 0.15) is 0 Å². The molecule has 4 nitrogen and oxygen atoms in total. The SMILES string of the molecule is CCc1ccc(-c2noc(CCC(C)(C)CCN)n2)cc1. The van der Waals surface area contributed by atoms with Gasteiger partial charge in [0.15, 0.2) is 0 Å². The first kappa shape index (κ1) is 15.7. The summed E-state index contributed by atoms with van der Waals surface area (Å²) in [5, 5.41) is 4.08. The van der Waals surface area contributed by atoms with E-state index < -0.39 is 0 Å². The van der Waals surface area contributed by atoms with Crippen LogP contribution in [0, 0.1) is 5.41 Å². The van der Waals surface area contributed by atoms with E-state index in [0.717, 1.165) is 31.2 Å². The molecule has 0 aliphatic rings. The molecule has 0 atom stereocenters. The van der Waals surface area contributed by atoms with Gasteiger partial charge in [-0.15, -0.1) is 0 Å². The van der Waals surface area contributed by atoms with Gasteiger partial charge in [0.05, 0.1) is 0 Å². The van der Waals surface area contributed by atoms with Crippen LogP contribution in [0.4, 0.5) is 0 Å². The summed E-state index contributed by atoms with van der Waals surface area (Å²) in [5.74, 6) is 1.37. The quantitative estimate of drug-likeness (QED) is 0.845. The topological polar surface area (TPSA) is 64.9 Å². The van der Waals surface area contributed by atoms with Crippen molar-refractivity contribution in [2.75, 3.05) is 6.54 Å². The lowest BCUT2D eigenvalue weighted by atomic mass is 9.84. The van der Waals surface area contributed by atoms with Crippen LogP contribution < -0.4 is 5.73 Å². The normalized spacial score (nSPS) is 11.8. The number of nitrogens with two attached hydrogens (primary N) is 1. The minimum atomic E-state index is 0.214. The van der Waals surface area contributed by atoms with Crippen molar-refractivity contribution in [1.82, 2.24) is 10.1 Å². The lowest BCUT2D eigenvalue weighted by molar-refractivity contribution is 0.289. The molecule has 4 heteroatoms. The Bertz CT molecular complexity index is 558. The van der Waals surface area contributed by atoms with Crippen LogP contribution in [-0.4, -0.2) is 16.7 Å². The van der Waals surface area contributed by atoms with Crippen LogP contribution in [0.5, 0.6) is 0 Å². The number of aryl methyl sites for hydroxylation is 2. The van der Waals surface area contributed by atoms with Gasteiger partial charge in [-0.05, 0) is 36.8 Å². The molecule has 0 aliphatic heterocycles. The van der Waals surface area contributed by atoms with Crippen molar-refractivity contribution in [2.45, 2.75) is 46.5 Å². The fraction of sp³-hybridized carbons (Fsp3) is 0.529. The molecule has 0 spiro atoms. The Labute approximate surface area is 126 Å². The number of hydrogen-bond donors (Lipinski definition) is 1. The lowest BCUT2D eigenvalue weighted by Crippen LogP contribution is -2.17. The van der Waals surface area contributed by atoms with Crippen molar-refractivity contribution in [3.05, 3.63) is 35.7 Å². The first-order valence-electron chi connectivity index (χ1n) is 7.66. The van der Waals surface area contributed by atoms with Crippen LogP contribution in [-0.2, 0) is 12.8 Å². The smallest absolute Gasteiger partial charge is 0.226 e. The molecule has 2 aromatic rings. The Hall–Kier alpha value is -1.68. The average Bonchev–Trinajstić information content (AvgIpc) is 2.94. The van der Waals surface area contributed by atoms with Crippen molar-refractivity contribution in [2.24, 2.45) is 11.1 Å². The van der Waals surface area contributed by atoms with Gasteiger partial charge in [-0.3, -0.25) is 0 Å². The second-order valence-electron chi connectivity index (χ2n) is 6.27. The minimum Gasteiger partial charge on any atom is -0.339 e. The number of hydrogen-bond acceptors (Lipinski definition) is 4. The van der Waals surface area contributed by atoms with Crippen molar-refractivity contribution in [3.63, 3.8) is 0 Å². The van der Waals surface area contributed by atoms with Gasteiger partial charge >= 0.3 is 0 Å². The molecule has 0 amide bonds. The van der Waals surface area contributed by atoms with Crippen molar-refractivity contribution in [3.8, 4) is 11.4 Å². The zero-order valence-electron chi connectivity index (χ0n) is 13.2. The summed E-state index contributed by atoms with van der Waals surface area (Å²) in [6.07, 6.45) is 3.84. The van der Waals surface area contributed by atoms with E-state index >= 15 is 0 Å². The number of rotatable bonds is 7. The molecule has 1 aromatic carbocycles. The summed E-state index contributed by atoms with van der Waals surface area (Å²) < 4.78 is 5.36. The molecular weight excluding hydrogens is 262 g/mol. The van der Waals surface area contributed by atoms with Gasteiger partial charge in [0.2, 0.25) is 11.7 Å². The van der Waals surface area contributed by atoms with Gasteiger partial charge in [0, 0.05) is 12.0 Å². The molecule has 1 heterocycles. The molecule has 0 saturated heterocycles. The molecule has 0 aliphatic carbocycles. The van der Waals surface area contributed by atoms with Crippen molar-refractivity contribution < 1.29 is 4.52 Å². The Morgan fingerprint density at radius 3 is 2.48 bits per heavy atom. The Kier molecular flexibility index (Phi) is 5.12. The Morgan fingerprint density at radius 1 is 1.14 bits per heavy atom. The molecule has 2 rings (SSSR count). The molecule has 0 saturated carbocycles. The molecule has 0 unspecified atom stereocenters. The molecule has 0 bridgehead atoms. The highest BCUT2D eigenvalue weighted by molar-refractivity contribution is 5.54. The maximum atomic E-state index is 5.64. The Balaban J connectivity index is 2.00. The van der Waals surface area contributed by atoms with E-state index in [4.69, 9.17) is 10.3 Å². The fourth-order valence-electron chi connectivity index (χ4n) is 2.32. The van der Waals surface area contributed by atoms with E-state index in [1.807, 2.05) is 12.1 Å². The summed E-state index contributed by atoms with van der Waals surface area (Å²) in [4.78, 5) is 4.49. The van der Waals surface area contributed by atoms with Crippen molar-refractivity contribution in [1.29, 1.82) is 0 Å². The van der Waals surface area contributed by atoms with Crippen molar-refractivity contribution >= 4 is 0 Å². The maximum Gasteiger partial charge on any atom is 0.226 e. The highest BCUT2D eigenvalue weighted by Crippen LogP contribution is 2.26. The molecule has 114 valence electrons. The number of aromatic nitrogens is 2. The lowest BCUT2D eigenvalue weighted by Gasteiger charge is -2.22. The van der Waals surface area contributed by atoms with E-state index in [-0.39, 0.29) is 5.41 Å². The van der Waals surface area contributed by atoms with E-state index in [0.29, 0.717) is 18.3 Å². The van der Waals surface area contributed by atoms with E-state index in [1.165, 1.54) is 5.56 Å². The van der Waals surface area contributed by atoms with Gasteiger partial charge in [-0.2, -0.15) is 4.98 Å². The maximum absolute atomic E-state index is 5.64. The van der Waals surface area contributed by atoms with Crippen LogP contribution in [0.3, 0.4) is 0 Å². The Morgan fingerprint density at radius 2 is 1.86 bits per heavy atom. The second-order valence-corrected chi connectivity index (χ2v) is 6.27. The van der Waals surface area contributed by atoms with E-state index in [1.54, 1.807) is 0 Å². The highest BCUT2D eigenvalue weighted by Gasteiger charge is 2.18. The third-order valence-corrected chi connectivity index (χ3v) is 3.93. The summed E-state index contributed by atoms with van der Waals surface area (Å²) in [6.45, 7) is 7.30. The van der Waals surface area contributed by atoms with Crippen LogP contribution in [0.15, 0.2) is 28.8 Å². The van der Waals surface area contributed by atoms with Crippen LogP contribution >= 0.6 is 0 Å². The molecule has 21 heavy (non-hydrogen) atoms. The van der Waals surface area contributed by atoms with Crippen LogP contribution in [0.1, 0.15) is 45.1 Å². The third kappa shape index (κ3) is 4.39. The number of nitrogens with zero attached hydrogens (tertiary/aromatic N) is 2. The summed E-state index contributed by atoms with van der Waals surface area (Å²) >= 11 is 0. The van der Waals surface area contributed by atoms with E-state index in [9.17, 15) is 0 Å². The molecule has 0 radical (unpaired) electrons. The third-order valence-electron chi connectivity index (χ3n) is 3.93. The average molecular weight is 287 g/mol. The number of benzene rings is 1. The van der Waals surface area contributed by atoms with Crippen LogP contribution in [0.25, 0.3) is 11.4 Å². The fourth-order valence-corrected chi connectivity index (χ4v) is 2.32. The summed E-state index contributed by atoms with van der Waals surface area (Å²) in [5.41, 5.74) is 8.16. The first-order valence-corrected chi connectivity index (χ1v) is 7.66. The molecular formula is C17H25N3O. The zero-order chi connectivity index (χ0) is 15.3. The second kappa shape index (κ2) is 6.85. The predicted molar refractivity (Wildman–Crippen MR) is 84.9 cm³/mol. The van der Waals surface area contributed by atoms with Crippen LogP contribution in [0.2, 0.25) is 0 Å².